The second-order valence-electron chi connectivity index (χ2n) is 2.06. The summed E-state index contributed by atoms with van der Waals surface area (Å²) in [5.74, 6) is 1.32. The van der Waals surface area contributed by atoms with Crippen molar-refractivity contribution in [3.8, 4) is 0 Å². The summed E-state index contributed by atoms with van der Waals surface area (Å²) in [6.45, 7) is 1.79. The van der Waals surface area contributed by atoms with Gasteiger partial charge in [0.2, 0.25) is 11.8 Å². The summed E-state index contributed by atoms with van der Waals surface area (Å²) in [4.78, 5) is 0. The third-order valence-corrected chi connectivity index (χ3v) is 1.21. The van der Waals surface area contributed by atoms with Crippen molar-refractivity contribution in [1.82, 2.24) is 10.2 Å². The van der Waals surface area contributed by atoms with Crippen LogP contribution in [-0.2, 0) is 0 Å². The average molecular weight is 122 g/mol. The van der Waals surface area contributed by atoms with Crippen LogP contribution in [0.5, 0.6) is 0 Å². The summed E-state index contributed by atoms with van der Waals surface area (Å²) < 4.78 is 5.12. The molecule has 2 rings (SSSR count). The summed E-state index contributed by atoms with van der Waals surface area (Å²) in [5, 5.41) is 7.51. The van der Waals surface area contributed by atoms with Gasteiger partial charge in [-0.3, -0.25) is 0 Å². The Kier molecular flexibility index (Phi) is 0.754. The fourth-order valence-electron chi connectivity index (χ4n) is 0.652. The maximum absolute atomic E-state index is 5.12. The van der Waals surface area contributed by atoms with Crippen molar-refractivity contribution in [2.45, 2.75) is 13.3 Å². The Hall–Kier alpha value is -1.12. The molecule has 3 nitrogen and oxygen atoms in total. The van der Waals surface area contributed by atoms with Crippen LogP contribution in [0.4, 0.5) is 0 Å². The first-order valence-electron chi connectivity index (χ1n) is 2.86. The molecule has 46 valence electrons. The summed E-state index contributed by atoms with van der Waals surface area (Å²) >= 11 is 0. The van der Waals surface area contributed by atoms with Crippen molar-refractivity contribution in [2.75, 3.05) is 0 Å². The quantitative estimate of drug-likeness (QED) is 0.561. The molecule has 1 aromatic rings. The third-order valence-electron chi connectivity index (χ3n) is 1.21. The topological polar surface area (TPSA) is 38.9 Å². The molecule has 3 heteroatoms. The molecular weight excluding hydrogens is 116 g/mol. The van der Waals surface area contributed by atoms with Crippen LogP contribution >= 0.6 is 0 Å². The summed E-state index contributed by atoms with van der Waals surface area (Å²) in [6.07, 6.45) is 3.08. The molecule has 1 aliphatic carbocycles. The highest BCUT2D eigenvalue weighted by Gasteiger charge is 2.15. The largest absolute Gasteiger partial charge is 0.421 e. The van der Waals surface area contributed by atoms with E-state index < -0.39 is 0 Å². The van der Waals surface area contributed by atoms with E-state index in [0.29, 0.717) is 11.8 Å². The zero-order valence-electron chi connectivity index (χ0n) is 5.09. The van der Waals surface area contributed by atoms with E-state index in [4.69, 9.17) is 4.42 Å². The Morgan fingerprint density at radius 3 is 2.78 bits per heavy atom. The van der Waals surface area contributed by atoms with Crippen molar-refractivity contribution in [3.05, 3.63) is 17.9 Å². The van der Waals surface area contributed by atoms with E-state index in [1.165, 1.54) is 5.57 Å². The highest BCUT2D eigenvalue weighted by atomic mass is 16.4. The molecule has 0 aliphatic heterocycles. The van der Waals surface area contributed by atoms with Crippen LogP contribution < -0.4 is 0 Å². The van der Waals surface area contributed by atoms with Gasteiger partial charge >= 0.3 is 0 Å². The minimum atomic E-state index is 0.637. The van der Waals surface area contributed by atoms with Crippen LogP contribution in [0.15, 0.2) is 10.5 Å². The van der Waals surface area contributed by atoms with Gasteiger partial charge in [0.15, 0.2) is 0 Å². The lowest BCUT2D eigenvalue weighted by Gasteiger charge is -1.76. The zero-order valence-corrected chi connectivity index (χ0v) is 5.09. The molecular formula is C6H6N2O. The van der Waals surface area contributed by atoms with E-state index in [0.717, 1.165) is 6.42 Å². The van der Waals surface area contributed by atoms with Gasteiger partial charge < -0.3 is 4.42 Å². The fourth-order valence-corrected chi connectivity index (χ4v) is 0.652. The molecule has 9 heavy (non-hydrogen) atoms. The molecule has 0 saturated heterocycles. The van der Waals surface area contributed by atoms with Crippen LogP contribution in [0.1, 0.15) is 18.2 Å². The van der Waals surface area contributed by atoms with Gasteiger partial charge in [-0.1, -0.05) is 6.08 Å². The van der Waals surface area contributed by atoms with E-state index in [1.54, 1.807) is 6.92 Å². The Bertz CT molecular complexity index is 262. The first kappa shape index (κ1) is 4.73. The number of hydrogen-bond donors (Lipinski definition) is 0. The number of rotatable bonds is 1. The molecule has 0 atom stereocenters. The Morgan fingerprint density at radius 2 is 2.33 bits per heavy atom. The number of aromatic nitrogens is 2. The van der Waals surface area contributed by atoms with Gasteiger partial charge in [0.1, 0.15) is 0 Å². The van der Waals surface area contributed by atoms with Crippen LogP contribution in [0.25, 0.3) is 5.57 Å². The molecule has 0 unspecified atom stereocenters. The minimum absolute atomic E-state index is 0.637. The van der Waals surface area contributed by atoms with Gasteiger partial charge in [-0.25, -0.2) is 0 Å². The van der Waals surface area contributed by atoms with Crippen molar-refractivity contribution >= 4 is 5.57 Å². The van der Waals surface area contributed by atoms with Gasteiger partial charge in [0, 0.05) is 12.5 Å². The first-order chi connectivity index (χ1) is 4.36. The maximum Gasteiger partial charge on any atom is 0.243 e. The molecule has 1 heterocycles. The van der Waals surface area contributed by atoms with Crippen LogP contribution in [-0.4, -0.2) is 10.2 Å². The van der Waals surface area contributed by atoms with E-state index >= 15 is 0 Å². The molecule has 0 saturated carbocycles. The molecule has 1 aromatic heterocycles. The van der Waals surface area contributed by atoms with Gasteiger partial charge in [-0.05, 0) is 6.42 Å². The Balaban J connectivity index is 2.39. The second-order valence-corrected chi connectivity index (χ2v) is 2.06. The molecule has 0 radical (unpaired) electrons. The van der Waals surface area contributed by atoms with E-state index in [9.17, 15) is 0 Å². The normalized spacial score (nSPS) is 15.4. The first-order valence-corrected chi connectivity index (χ1v) is 2.86. The van der Waals surface area contributed by atoms with Gasteiger partial charge in [0.05, 0.1) is 0 Å². The highest BCUT2D eigenvalue weighted by Crippen LogP contribution is 2.28. The van der Waals surface area contributed by atoms with Crippen molar-refractivity contribution in [2.24, 2.45) is 0 Å². The minimum Gasteiger partial charge on any atom is -0.421 e. The SMILES string of the molecule is Cc1nnc(C2=CC2)o1. The van der Waals surface area contributed by atoms with Crippen LogP contribution in [0, 0.1) is 6.92 Å². The average Bonchev–Trinajstić information content (AvgIpc) is 2.58. The maximum atomic E-state index is 5.12. The smallest absolute Gasteiger partial charge is 0.243 e. The number of hydrogen-bond acceptors (Lipinski definition) is 3. The number of allylic oxidation sites excluding steroid dienone is 2. The second kappa shape index (κ2) is 1.43. The summed E-state index contributed by atoms with van der Waals surface area (Å²) in [6, 6.07) is 0. The van der Waals surface area contributed by atoms with Gasteiger partial charge in [-0.15, -0.1) is 10.2 Å². The predicted octanol–water partition coefficient (Wildman–Crippen LogP) is 1.17. The van der Waals surface area contributed by atoms with Crippen molar-refractivity contribution < 1.29 is 4.42 Å². The fraction of sp³-hybridized carbons (Fsp3) is 0.333. The predicted molar refractivity (Wildman–Crippen MR) is 31.6 cm³/mol. The number of aryl methyl sites for hydroxylation is 1. The monoisotopic (exact) mass is 122 g/mol. The lowest BCUT2D eigenvalue weighted by molar-refractivity contribution is 0.507. The molecule has 0 N–H and O–H groups in total. The molecule has 0 fully saturated rings. The highest BCUT2D eigenvalue weighted by molar-refractivity contribution is 5.71. The third kappa shape index (κ3) is 0.740. The van der Waals surface area contributed by atoms with Crippen molar-refractivity contribution in [1.29, 1.82) is 0 Å². The molecule has 1 aliphatic rings. The van der Waals surface area contributed by atoms with Crippen LogP contribution in [0.2, 0.25) is 0 Å². The Morgan fingerprint density at radius 1 is 1.56 bits per heavy atom. The summed E-state index contributed by atoms with van der Waals surface area (Å²) in [5.41, 5.74) is 1.18. The molecule has 0 bridgehead atoms. The zero-order chi connectivity index (χ0) is 6.27. The van der Waals surface area contributed by atoms with Crippen molar-refractivity contribution in [3.63, 3.8) is 0 Å². The van der Waals surface area contributed by atoms with E-state index in [1.807, 2.05) is 0 Å². The number of nitrogens with zero attached hydrogens (tertiary/aromatic N) is 2. The Labute approximate surface area is 52.4 Å². The van der Waals surface area contributed by atoms with Gasteiger partial charge in [0.25, 0.3) is 0 Å². The molecule has 0 aromatic carbocycles. The van der Waals surface area contributed by atoms with Gasteiger partial charge in [-0.2, -0.15) is 0 Å². The van der Waals surface area contributed by atoms with E-state index in [-0.39, 0.29) is 0 Å². The molecule has 0 amide bonds. The lowest BCUT2D eigenvalue weighted by atomic mass is 10.5. The molecule has 0 spiro atoms. The summed E-state index contributed by atoms with van der Waals surface area (Å²) in [7, 11) is 0. The standard InChI is InChI=1S/C6H6N2O/c1-4-7-8-6(9-4)5-2-3-5/h2H,3H2,1H3. The van der Waals surface area contributed by atoms with Crippen LogP contribution in [0.3, 0.4) is 0 Å². The lowest BCUT2D eigenvalue weighted by Crippen LogP contribution is -1.71. The van der Waals surface area contributed by atoms with E-state index in [2.05, 4.69) is 16.3 Å².